The van der Waals surface area contributed by atoms with E-state index in [1.807, 2.05) is 6.92 Å². The van der Waals surface area contributed by atoms with Crippen LogP contribution < -0.4 is 10.1 Å². The summed E-state index contributed by atoms with van der Waals surface area (Å²) in [6.07, 6.45) is 1.23. The van der Waals surface area contributed by atoms with Gasteiger partial charge in [-0.2, -0.15) is 0 Å². The van der Waals surface area contributed by atoms with E-state index in [9.17, 15) is 19.2 Å². The van der Waals surface area contributed by atoms with Gasteiger partial charge in [-0.05, 0) is 31.0 Å². The van der Waals surface area contributed by atoms with Gasteiger partial charge >= 0.3 is 17.8 Å². The number of likely N-dealkylation sites (N-methyl/N-ethyl adjacent to an activating group) is 1. The maximum Gasteiger partial charge on any atom is 0.333 e. The number of rotatable bonds is 8. The molecule has 0 saturated carbocycles. The van der Waals surface area contributed by atoms with Gasteiger partial charge in [0.2, 0.25) is 0 Å². The molecular formula is C17H21N3O5. The van der Waals surface area contributed by atoms with Crippen LogP contribution in [0.4, 0.5) is 4.79 Å². The first-order valence-electron chi connectivity index (χ1n) is 8.10. The summed E-state index contributed by atoms with van der Waals surface area (Å²) >= 11 is 0. The van der Waals surface area contributed by atoms with Crippen molar-refractivity contribution >= 4 is 23.8 Å². The first-order valence-corrected chi connectivity index (χ1v) is 8.10. The number of nitrogens with one attached hydrogen (secondary N) is 1. The fourth-order valence-corrected chi connectivity index (χ4v) is 2.30. The Morgan fingerprint density at radius 1 is 1.20 bits per heavy atom. The summed E-state index contributed by atoms with van der Waals surface area (Å²) in [6, 6.07) is 6.22. The Morgan fingerprint density at radius 3 is 2.60 bits per heavy atom. The number of nitrogens with zero attached hydrogens (tertiary/aromatic N) is 2. The highest BCUT2D eigenvalue weighted by molar-refractivity contribution is 6.44. The first-order chi connectivity index (χ1) is 12.0. The second-order valence-electron chi connectivity index (χ2n) is 5.59. The minimum absolute atomic E-state index is 0.0771. The molecular weight excluding hydrogens is 326 g/mol. The van der Waals surface area contributed by atoms with Crippen LogP contribution in [0.5, 0.6) is 5.75 Å². The molecule has 0 aromatic heterocycles. The first kappa shape index (κ1) is 18.4. The SMILES string of the molecule is CCCOc1cccc(C(=O)NCCCN2C(=O)C(=O)N(C)C2=O)c1. The second kappa shape index (κ2) is 8.27. The monoisotopic (exact) mass is 347 g/mol. The Morgan fingerprint density at radius 2 is 1.96 bits per heavy atom. The molecule has 1 aliphatic rings. The summed E-state index contributed by atoms with van der Waals surface area (Å²) in [5.41, 5.74) is 0.469. The Hall–Kier alpha value is -2.90. The number of carbonyl (C=O) groups excluding carboxylic acids is 4. The van der Waals surface area contributed by atoms with Gasteiger partial charge in [-0.25, -0.2) is 4.79 Å². The molecule has 1 fully saturated rings. The van der Waals surface area contributed by atoms with Crippen LogP contribution in [0.1, 0.15) is 30.1 Å². The average molecular weight is 347 g/mol. The number of amides is 5. The molecule has 8 nitrogen and oxygen atoms in total. The van der Waals surface area contributed by atoms with Gasteiger partial charge in [-0.1, -0.05) is 13.0 Å². The summed E-state index contributed by atoms with van der Waals surface area (Å²) in [6.45, 7) is 2.93. The summed E-state index contributed by atoms with van der Waals surface area (Å²) < 4.78 is 5.48. The van der Waals surface area contributed by atoms with Crippen molar-refractivity contribution in [3.05, 3.63) is 29.8 Å². The van der Waals surface area contributed by atoms with Gasteiger partial charge in [0.05, 0.1) is 6.61 Å². The van der Waals surface area contributed by atoms with Gasteiger partial charge in [0.25, 0.3) is 5.91 Å². The number of urea groups is 1. The Kier molecular flexibility index (Phi) is 6.10. The van der Waals surface area contributed by atoms with Crippen molar-refractivity contribution in [2.75, 3.05) is 26.7 Å². The standard InChI is InChI=1S/C17H21N3O5/c1-3-10-25-13-7-4-6-12(11-13)14(21)18-8-5-9-20-16(23)15(22)19(2)17(20)24/h4,6-7,11H,3,5,8-10H2,1-2H3,(H,18,21). The molecule has 1 saturated heterocycles. The molecule has 0 unspecified atom stereocenters. The van der Waals surface area contributed by atoms with Crippen LogP contribution in [-0.4, -0.2) is 60.3 Å². The fourth-order valence-electron chi connectivity index (χ4n) is 2.30. The molecule has 1 aliphatic heterocycles. The maximum absolute atomic E-state index is 12.1. The van der Waals surface area contributed by atoms with E-state index in [1.165, 1.54) is 7.05 Å². The summed E-state index contributed by atoms with van der Waals surface area (Å²) in [5, 5.41) is 2.72. The van der Waals surface area contributed by atoms with Gasteiger partial charge in [0, 0.05) is 25.7 Å². The van der Waals surface area contributed by atoms with Crippen molar-refractivity contribution in [1.29, 1.82) is 0 Å². The van der Waals surface area contributed by atoms with E-state index in [2.05, 4.69) is 5.32 Å². The Balaban J connectivity index is 1.80. The minimum Gasteiger partial charge on any atom is -0.494 e. The zero-order valence-electron chi connectivity index (χ0n) is 14.3. The third-order valence-electron chi connectivity index (χ3n) is 3.66. The molecule has 25 heavy (non-hydrogen) atoms. The molecule has 1 aromatic carbocycles. The third kappa shape index (κ3) is 4.34. The molecule has 1 heterocycles. The largest absolute Gasteiger partial charge is 0.494 e. The predicted octanol–water partition coefficient (Wildman–Crippen LogP) is 1.02. The van der Waals surface area contributed by atoms with Gasteiger partial charge in [-0.15, -0.1) is 0 Å². The van der Waals surface area contributed by atoms with E-state index in [1.54, 1.807) is 24.3 Å². The van der Waals surface area contributed by atoms with Crippen molar-refractivity contribution in [2.24, 2.45) is 0 Å². The van der Waals surface area contributed by atoms with Gasteiger partial charge in [-0.3, -0.25) is 24.2 Å². The topological polar surface area (TPSA) is 96.0 Å². The van der Waals surface area contributed by atoms with E-state index in [-0.39, 0.29) is 19.0 Å². The summed E-state index contributed by atoms with van der Waals surface area (Å²) in [7, 11) is 1.26. The number of imide groups is 2. The van der Waals surface area contributed by atoms with Crippen LogP contribution in [0.25, 0.3) is 0 Å². The zero-order valence-corrected chi connectivity index (χ0v) is 14.3. The number of hydrogen-bond donors (Lipinski definition) is 1. The van der Waals surface area contributed by atoms with E-state index >= 15 is 0 Å². The minimum atomic E-state index is -0.835. The van der Waals surface area contributed by atoms with Crippen molar-refractivity contribution in [3.63, 3.8) is 0 Å². The molecule has 0 aliphatic carbocycles. The molecule has 134 valence electrons. The molecule has 0 atom stereocenters. The maximum atomic E-state index is 12.1. The number of carbonyl (C=O) groups is 4. The summed E-state index contributed by atoms with van der Waals surface area (Å²) in [4.78, 5) is 48.5. The highest BCUT2D eigenvalue weighted by Crippen LogP contribution is 2.14. The molecule has 1 N–H and O–H groups in total. The molecule has 2 rings (SSSR count). The number of hydrogen-bond acceptors (Lipinski definition) is 5. The normalized spacial score (nSPS) is 14.2. The highest BCUT2D eigenvalue weighted by Gasteiger charge is 2.41. The third-order valence-corrected chi connectivity index (χ3v) is 3.66. The van der Waals surface area contributed by atoms with Crippen molar-refractivity contribution in [3.8, 4) is 5.75 Å². The van der Waals surface area contributed by atoms with Crippen LogP contribution in [0, 0.1) is 0 Å². The lowest BCUT2D eigenvalue weighted by Crippen LogP contribution is -2.34. The lowest BCUT2D eigenvalue weighted by molar-refractivity contribution is -0.142. The Bertz CT molecular complexity index is 689. The zero-order chi connectivity index (χ0) is 18.4. The average Bonchev–Trinajstić information content (AvgIpc) is 2.80. The second-order valence-corrected chi connectivity index (χ2v) is 5.59. The molecule has 0 radical (unpaired) electrons. The van der Waals surface area contributed by atoms with Gasteiger partial charge in [0.15, 0.2) is 0 Å². The van der Waals surface area contributed by atoms with Gasteiger partial charge in [0.1, 0.15) is 5.75 Å². The molecule has 0 bridgehead atoms. The van der Waals surface area contributed by atoms with Crippen LogP contribution in [0.2, 0.25) is 0 Å². The molecule has 1 aromatic rings. The van der Waals surface area contributed by atoms with Crippen molar-refractivity contribution in [2.45, 2.75) is 19.8 Å². The smallest absolute Gasteiger partial charge is 0.333 e. The van der Waals surface area contributed by atoms with Crippen molar-refractivity contribution < 1.29 is 23.9 Å². The van der Waals surface area contributed by atoms with Crippen molar-refractivity contribution in [1.82, 2.24) is 15.1 Å². The number of benzene rings is 1. The predicted molar refractivity (Wildman–Crippen MR) is 89.1 cm³/mol. The van der Waals surface area contributed by atoms with E-state index in [4.69, 9.17) is 4.74 Å². The Labute approximate surface area is 145 Å². The molecule has 0 spiro atoms. The number of ether oxygens (including phenoxy) is 1. The van der Waals surface area contributed by atoms with E-state index < -0.39 is 17.8 Å². The van der Waals surface area contributed by atoms with Crippen LogP contribution >= 0.6 is 0 Å². The highest BCUT2D eigenvalue weighted by atomic mass is 16.5. The fraction of sp³-hybridized carbons (Fsp3) is 0.412. The van der Waals surface area contributed by atoms with E-state index in [0.29, 0.717) is 24.3 Å². The van der Waals surface area contributed by atoms with Crippen LogP contribution in [-0.2, 0) is 9.59 Å². The van der Waals surface area contributed by atoms with Crippen LogP contribution in [0.15, 0.2) is 24.3 Å². The van der Waals surface area contributed by atoms with Gasteiger partial charge < -0.3 is 10.1 Å². The lowest BCUT2D eigenvalue weighted by Gasteiger charge is -2.13. The van der Waals surface area contributed by atoms with E-state index in [0.717, 1.165) is 16.2 Å². The summed E-state index contributed by atoms with van der Waals surface area (Å²) in [5.74, 6) is -1.31. The molecule has 8 heteroatoms. The lowest BCUT2D eigenvalue weighted by atomic mass is 10.2. The quantitative estimate of drug-likeness (QED) is 0.430. The molecule has 5 amide bonds. The van der Waals surface area contributed by atoms with Crippen LogP contribution in [0.3, 0.4) is 0 Å².